The Morgan fingerprint density at radius 3 is 2.45 bits per heavy atom. The van der Waals surface area contributed by atoms with Crippen molar-refractivity contribution >= 4 is 28.7 Å². The monoisotopic (exact) mass is 537 g/mol. The van der Waals surface area contributed by atoms with Gasteiger partial charge in [0.1, 0.15) is 10.8 Å². The molecule has 5 rings (SSSR count). The number of hydrogen-bond acceptors (Lipinski definition) is 7. The summed E-state index contributed by atoms with van der Waals surface area (Å²) in [5.41, 5.74) is 1.43. The minimum atomic E-state index is -4.94. The van der Waals surface area contributed by atoms with Gasteiger partial charge in [0.25, 0.3) is 5.91 Å². The zero-order chi connectivity index (χ0) is 27.0. The molecular formula is C27H18F3N3O4S. The quantitative estimate of drug-likeness (QED) is 0.295. The van der Waals surface area contributed by atoms with Gasteiger partial charge in [0, 0.05) is 29.7 Å². The molecule has 0 fully saturated rings. The van der Waals surface area contributed by atoms with Crippen LogP contribution in [0.2, 0.25) is 0 Å². The molecule has 1 aliphatic heterocycles. The number of ether oxygens (including phenoxy) is 1. The van der Waals surface area contributed by atoms with Crippen molar-refractivity contribution in [3.05, 3.63) is 107 Å². The number of pyridine rings is 1. The van der Waals surface area contributed by atoms with Gasteiger partial charge in [0.15, 0.2) is 5.76 Å². The second-order valence-electron chi connectivity index (χ2n) is 8.29. The lowest BCUT2D eigenvalue weighted by Crippen LogP contribution is -2.31. The number of alkyl halides is 3. The number of Topliss-reactive ketones (excluding diaryl/α,β-unsaturated/α-hetero) is 1. The molecule has 1 amide bonds. The molecule has 38 heavy (non-hydrogen) atoms. The number of benzene rings is 2. The Kier molecular flexibility index (Phi) is 6.45. The summed E-state index contributed by atoms with van der Waals surface area (Å²) < 4.78 is 42.5. The number of aliphatic hydroxyl groups excluding tert-OH is 1. The van der Waals surface area contributed by atoms with Crippen LogP contribution in [0.25, 0.3) is 10.6 Å². The third-order valence-corrected chi connectivity index (χ3v) is 7.03. The van der Waals surface area contributed by atoms with E-state index in [1.807, 2.05) is 30.3 Å². The first-order valence-corrected chi connectivity index (χ1v) is 12.1. The number of aryl methyl sites for hydroxylation is 1. The molecule has 0 saturated carbocycles. The lowest BCUT2D eigenvalue weighted by Gasteiger charge is -2.27. The van der Waals surface area contributed by atoms with Crippen molar-refractivity contribution in [3.63, 3.8) is 0 Å². The molecule has 3 heterocycles. The molecule has 2 aromatic carbocycles. The highest BCUT2D eigenvalue weighted by atomic mass is 32.1. The summed E-state index contributed by atoms with van der Waals surface area (Å²) in [6, 6.07) is 16.0. The first kappa shape index (κ1) is 25.2. The Bertz CT molecular complexity index is 1550. The van der Waals surface area contributed by atoms with Crippen LogP contribution in [-0.4, -0.2) is 33.1 Å². The van der Waals surface area contributed by atoms with Gasteiger partial charge in [0.2, 0.25) is 5.78 Å². The van der Waals surface area contributed by atoms with E-state index in [0.717, 1.165) is 33.9 Å². The van der Waals surface area contributed by atoms with Crippen molar-refractivity contribution in [3.8, 4) is 16.3 Å². The van der Waals surface area contributed by atoms with Crippen LogP contribution in [0.15, 0.2) is 90.5 Å². The molecule has 0 spiro atoms. The van der Waals surface area contributed by atoms with Crippen LogP contribution in [-0.2, 0) is 4.79 Å². The molecule has 4 aromatic rings. The third-order valence-electron chi connectivity index (χ3n) is 5.83. The number of carbonyl (C=O) groups excluding carboxylic acids is 2. The minimum Gasteiger partial charge on any atom is -0.503 e. The molecule has 1 aliphatic rings. The Balaban J connectivity index is 1.60. The lowest BCUT2D eigenvalue weighted by atomic mass is 9.95. The van der Waals surface area contributed by atoms with Gasteiger partial charge in [-0.15, -0.1) is 24.5 Å². The van der Waals surface area contributed by atoms with Gasteiger partial charge in [-0.1, -0.05) is 36.4 Å². The number of aromatic nitrogens is 2. The maximum atomic E-state index is 13.9. The van der Waals surface area contributed by atoms with Gasteiger partial charge in [-0.3, -0.25) is 19.5 Å². The number of aliphatic hydroxyl groups is 1. The smallest absolute Gasteiger partial charge is 0.503 e. The van der Waals surface area contributed by atoms with Crippen molar-refractivity contribution in [2.75, 3.05) is 4.90 Å². The zero-order valence-corrected chi connectivity index (χ0v) is 20.5. The standard InChI is InChI=1S/C27H18F3N3O4S/c1-15-24(38-25(32-15)17-6-3-2-4-7-17)22(34)20-21(16-10-12-31-13-11-16)33(26(36)23(20)35)18-8-5-9-19(14-18)37-27(28,29)30/h2-14,21,35H,1H3. The number of rotatable bonds is 6. The predicted octanol–water partition coefficient (Wildman–Crippen LogP) is 6.20. The van der Waals surface area contributed by atoms with Crippen molar-refractivity contribution in [2.45, 2.75) is 19.3 Å². The number of nitrogens with zero attached hydrogens (tertiary/aromatic N) is 3. The van der Waals surface area contributed by atoms with Gasteiger partial charge in [0.05, 0.1) is 22.2 Å². The Morgan fingerprint density at radius 1 is 1.05 bits per heavy atom. The molecule has 0 bridgehead atoms. The fourth-order valence-electron chi connectivity index (χ4n) is 4.23. The lowest BCUT2D eigenvalue weighted by molar-refractivity contribution is -0.274. The van der Waals surface area contributed by atoms with E-state index in [4.69, 9.17) is 0 Å². The summed E-state index contributed by atoms with van der Waals surface area (Å²) in [5.74, 6) is -2.90. The summed E-state index contributed by atoms with van der Waals surface area (Å²) in [6.45, 7) is 1.65. The summed E-state index contributed by atoms with van der Waals surface area (Å²) in [5, 5.41) is 11.5. The van der Waals surface area contributed by atoms with E-state index >= 15 is 0 Å². The molecule has 1 unspecified atom stereocenters. The van der Waals surface area contributed by atoms with E-state index in [-0.39, 0.29) is 16.1 Å². The van der Waals surface area contributed by atoms with Gasteiger partial charge < -0.3 is 9.84 Å². The molecule has 1 N–H and O–H groups in total. The predicted molar refractivity (Wildman–Crippen MR) is 134 cm³/mol. The Labute approximate surface area is 218 Å². The highest BCUT2D eigenvalue weighted by Gasteiger charge is 2.45. The number of ketones is 1. The first-order chi connectivity index (χ1) is 18.1. The van der Waals surface area contributed by atoms with Crippen molar-refractivity contribution < 1.29 is 32.6 Å². The van der Waals surface area contributed by atoms with Crippen LogP contribution in [0.1, 0.15) is 27.0 Å². The minimum absolute atomic E-state index is 0.00101. The number of thiazole rings is 1. The summed E-state index contributed by atoms with van der Waals surface area (Å²) in [6.07, 6.45) is -2.05. The molecule has 0 aliphatic carbocycles. The number of hydrogen-bond donors (Lipinski definition) is 1. The number of amides is 1. The second-order valence-corrected chi connectivity index (χ2v) is 9.29. The summed E-state index contributed by atoms with van der Waals surface area (Å²) in [7, 11) is 0. The normalized spacial score (nSPS) is 15.7. The topological polar surface area (TPSA) is 92.6 Å². The van der Waals surface area contributed by atoms with E-state index in [1.165, 1.54) is 24.5 Å². The summed E-state index contributed by atoms with van der Waals surface area (Å²) in [4.78, 5) is 36.9. The average Bonchev–Trinajstić information content (AvgIpc) is 3.41. The Hall–Kier alpha value is -4.51. The largest absolute Gasteiger partial charge is 0.573 e. The van der Waals surface area contributed by atoms with E-state index < -0.39 is 35.6 Å². The van der Waals surface area contributed by atoms with Gasteiger partial charge in [-0.2, -0.15) is 0 Å². The molecule has 7 nitrogen and oxygen atoms in total. The van der Waals surface area contributed by atoms with E-state index in [1.54, 1.807) is 19.1 Å². The average molecular weight is 538 g/mol. The van der Waals surface area contributed by atoms with Crippen LogP contribution in [0, 0.1) is 6.92 Å². The first-order valence-electron chi connectivity index (χ1n) is 11.2. The van der Waals surface area contributed by atoms with Crippen molar-refractivity contribution in [2.24, 2.45) is 0 Å². The molecule has 0 radical (unpaired) electrons. The van der Waals surface area contributed by atoms with Crippen LogP contribution >= 0.6 is 11.3 Å². The molecule has 2 aromatic heterocycles. The van der Waals surface area contributed by atoms with Crippen LogP contribution < -0.4 is 9.64 Å². The van der Waals surface area contributed by atoms with Crippen molar-refractivity contribution in [1.29, 1.82) is 0 Å². The number of halogens is 3. The fourth-order valence-corrected chi connectivity index (χ4v) is 5.25. The van der Waals surface area contributed by atoms with Gasteiger partial charge >= 0.3 is 6.36 Å². The molecule has 192 valence electrons. The molecule has 11 heteroatoms. The number of carbonyl (C=O) groups is 2. The molecule has 0 saturated heterocycles. The number of anilines is 1. The maximum Gasteiger partial charge on any atom is 0.573 e. The zero-order valence-electron chi connectivity index (χ0n) is 19.6. The van der Waals surface area contributed by atoms with E-state index in [0.29, 0.717) is 16.3 Å². The highest BCUT2D eigenvalue weighted by Crippen LogP contribution is 2.44. The maximum absolute atomic E-state index is 13.9. The van der Waals surface area contributed by atoms with Crippen molar-refractivity contribution in [1.82, 2.24) is 9.97 Å². The Morgan fingerprint density at radius 2 is 1.76 bits per heavy atom. The summed E-state index contributed by atoms with van der Waals surface area (Å²) >= 11 is 1.12. The highest BCUT2D eigenvalue weighted by molar-refractivity contribution is 7.17. The van der Waals surface area contributed by atoms with Gasteiger partial charge in [-0.25, -0.2) is 4.98 Å². The van der Waals surface area contributed by atoms with Gasteiger partial charge in [-0.05, 0) is 36.8 Å². The molecule has 1 atom stereocenters. The molecular weight excluding hydrogens is 519 g/mol. The van der Waals surface area contributed by atoms with Crippen LogP contribution in [0.4, 0.5) is 18.9 Å². The van der Waals surface area contributed by atoms with Crippen LogP contribution in [0.3, 0.4) is 0 Å². The third kappa shape index (κ3) is 4.75. The SMILES string of the molecule is Cc1nc(-c2ccccc2)sc1C(=O)C1=C(O)C(=O)N(c2cccc(OC(F)(F)F)c2)C1c1ccncc1. The second kappa shape index (κ2) is 9.75. The van der Waals surface area contributed by atoms with E-state index in [2.05, 4.69) is 14.7 Å². The van der Waals surface area contributed by atoms with E-state index in [9.17, 15) is 27.9 Å². The van der Waals surface area contributed by atoms with Crippen LogP contribution in [0.5, 0.6) is 5.75 Å². The fraction of sp³-hybridized carbons (Fsp3) is 0.111.